The summed E-state index contributed by atoms with van der Waals surface area (Å²) in [5.41, 5.74) is 0. The molecule has 25 N–H and O–H groups in total. The van der Waals surface area contributed by atoms with Gasteiger partial charge in [0.25, 0.3) is 0 Å². The summed E-state index contributed by atoms with van der Waals surface area (Å²) in [4.78, 5) is 40.4. The Morgan fingerprint density at radius 3 is 1.10 bits per heavy atom. The highest BCUT2D eigenvalue weighted by Gasteiger charge is 2.61. The van der Waals surface area contributed by atoms with Crippen LogP contribution in [-0.2, 0) is 90.2 Å². The van der Waals surface area contributed by atoms with Crippen LogP contribution in [0.3, 0.4) is 0 Å². The van der Waals surface area contributed by atoms with Crippen molar-refractivity contribution < 1.29 is 203 Å². The number of unbranched alkanes of at least 4 members (excludes halogenated alkanes) is 29. The summed E-state index contributed by atoms with van der Waals surface area (Å²) in [6.45, 7) is 1.83. The lowest BCUT2D eigenvalue weighted by Gasteiger charge is -2.52. The number of ether oxygens (including phenoxy) is 16. The highest BCUT2D eigenvalue weighted by Crippen LogP contribution is 2.41. The molecule has 8 saturated heterocycles. The molecule has 0 radical (unpaired) electrons. The molecule has 0 aromatic rings. The molecule has 0 bridgehead atoms. The standard InChI is InChI=1S/C92H165N3O41/c1-7-9-11-13-15-17-19-21-22-23-24-25-26-28-30-32-34-36-38-40-60(105)95-52(53(104)39-37-35-33-31-29-27-20-18-16-14-12-10-8-2)47-121-87-76(119)73(116)79(59(46-101)129-87)130-90-77(120)81(67(110)56(43-98)125-90)133-85-61(93-50(5)102)69(112)78(58(45-100)128-85)131-92-84(136-89-75(118)71(114)64(107)49(4)123-89)82(68(111)57(44-99)127-92)134-86-62(94-51(6)103)80(66(109)55(42-97)124-86)132-91-83(72(115)65(108)54(41-96)126-91)135-88-74(117)70(113)63(106)48(3)122-88/h37,39,48-49,52-59,61-92,96-101,104,106-120H,7-36,38,40-47H2,1-6H3,(H,93,102)(H,94,103)(H,95,105)/b39-37+/t48?,49?,52-,53+,54?,55?,56?,57?,58?,59?,61?,62?,63+,64+,65-,66-,67-,68-,69+,70?,71?,72-,73+,74-,75-,76?,77?,78+,79+,80+,81-,82-,83?,84?,85-,86+,87+,88+,89+,90-,91-,92-/m0/s1. The van der Waals surface area contributed by atoms with Gasteiger partial charge in [0.05, 0.1) is 70.6 Å². The third kappa shape index (κ3) is 34.1. The Labute approximate surface area is 796 Å². The van der Waals surface area contributed by atoms with Crippen LogP contribution in [0.2, 0.25) is 0 Å². The molecule has 42 atom stereocenters. The number of aliphatic hydroxyl groups excluding tert-OH is 22. The van der Waals surface area contributed by atoms with Crippen molar-refractivity contribution in [3.05, 3.63) is 12.2 Å². The molecule has 794 valence electrons. The first-order valence-corrected chi connectivity index (χ1v) is 49.7. The quantitative estimate of drug-likeness (QED) is 0.0211. The number of aliphatic hydroxyl groups is 22. The molecule has 8 rings (SSSR count). The molecular weight excluding hydrogens is 1800 g/mol. The summed E-state index contributed by atoms with van der Waals surface area (Å²) in [5, 5.41) is 258. The normalized spacial score (nSPS) is 39.6. The van der Waals surface area contributed by atoms with Gasteiger partial charge < -0.3 is 204 Å². The van der Waals surface area contributed by atoms with Gasteiger partial charge in [-0.3, -0.25) is 14.4 Å². The van der Waals surface area contributed by atoms with Crippen molar-refractivity contribution in [2.75, 3.05) is 46.2 Å². The molecule has 0 saturated carbocycles. The third-order valence-electron chi connectivity index (χ3n) is 26.9. The zero-order valence-corrected chi connectivity index (χ0v) is 79.6. The van der Waals surface area contributed by atoms with Gasteiger partial charge in [0.2, 0.25) is 17.7 Å². The number of hydrogen-bond donors (Lipinski definition) is 25. The van der Waals surface area contributed by atoms with Gasteiger partial charge in [-0.05, 0) is 33.1 Å². The summed E-state index contributed by atoms with van der Waals surface area (Å²) >= 11 is 0. The Morgan fingerprint density at radius 2 is 0.625 bits per heavy atom. The molecule has 44 heteroatoms. The van der Waals surface area contributed by atoms with Crippen LogP contribution in [0.25, 0.3) is 0 Å². The van der Waals surface area contributed by atoms with E-state index >= 15 is 0 Å². The van der Waals surface area contributed by atoms with Gasteiger partial charge in [0.15, 0.2) is 50.3 Å². The van der Waals surface area contributed by atoms with E-state index in [1.165, 1.54) is 149 Å². The van der Waals surface area contributed by atoms with E-state index in [2.05, 4.69) is 29.8 Å². The van der Waals surface area contributed by atoms with Crippen LogP contribution in [0.15, 0.2) is 12.2 Å². The number of carbonyl (C=O) groups is 3. The van der Waals surface area contributed by atoms with Gasteiger partial charge in [0.1, 0.15) is 183 Å². The van der Waals surface area contributed by atoms with E-state index in [0.717, 1.165) is 65.2 Å². The molecule has 8 aliphatic rings. The Bertz CT molecular complexity index is 3310. The van der Waals surface area contributed by atoms with Crippen molar-refractivity contribution in [1.29, 1.82) is 0 Å². The monoisotopic (exact) mass is 1970 g/mol. The second-order valence-corrected chi connectivity index (χ2v) is 37.7. The fraction of sp³-hybridized carbons (Fsp3) is 0.946. The predicted octanol–water partition coefficient (Wildman–Crippen LogP) is -3.16. The first-order valence-electron chi connectivity index (χ1n) is 49.7. The lowest BCUT2D eigenvalue weighted by Crippen LogP contribution is -2.71. The molecule has 8 aliphatic heterocycles. The first-order chi connectivity index (χ1) is 65.2. The highest BCUT2D eigenvalue weighted by atomic mass is 16.8. The van der Waals surface area contributed by atoms with Crippen LogP contribution >= 0.6 is 0 Å². The van der Waals surface area contributed by atoms with Gasteiger partial charge in [-0.25, -0.2) is 0 Å². The molecule has 8 fully saturated rings. The van der Waals surface area contributed by atoms with Gasteiger partial charge in [-0.15, -0.1) is 0 Å². The van der Waals surface area contributed by atoms with E-state index in [1.54, 1.807) is 6.08 Å². The summed E-state index contributed by atoms with van der Waals surface area (Å²) in [7, 11) is 0. The fourth-order valence-corrected chi connectivity index (χ4v) is 18.6. The molecule has 0 aromatic heterocycles. The number of rotatable bonds is 60. The maximum Gasteiger partial charge on any atom is 0.220 e. The second-order valence-electron chi connectivity index (χ2n) is 37.7. The molecule has 0 aromatic carbocycles. The maximum atomic E-state index is 13.7. The van der Waals surface area contributed by atoms with Crippen LogP contribution < -0.4 is 16.0 Å². The predicted molar refractivity (Wildman–Crippen MR) is 475 cm³/mol. The first kappa shape index (κ1) is 118. The molecule has 16 unspecified atom stereocenters. The average molecular weight is 1970 g/mol. The lowest BCUT2D eigenvalue weighted by atomic mass is 9.93. The van der Waals surface area contributed by atoms with Crippen LogP contribution in [0.1, 0.15) is 247 Å². The summed E-state index contributed by atoms with van der Waals surface area (Å²) in [6, 6.07) is -5.07. The molecule has 8 heterocycles. The zero-order valence-electron chi connectivity index (χ0n) is 79.6. The largest absolute Gasteiger partial charge is 0.394 e. The van der Waals surface area contributed by atoms with Crippen molar-refractivity contribution in [3.63, 3.8) is 0 Å². The van der Waals surface area contributed by atoms with E-state index in [-0.39, 0.29) is 12.3 Å². The van der Waals surface area contributed by atoms with E-state index in [9.17, 15) is 127 Å². The number of nitrogens with one attached hydrogen (secondary N) is 3. The van der Waals surface area contributed by atoms with Crippen molar-refractivity contribution in [1.82, 2.24) is 16.0 Å². The summed E-state index contributed by atoms with van der Waals surface area (Å²) in [5.74, 6) is -2.27. The Kier molecular flexibility index (Phi) is 53.0. The number of allylic oxidation sites excluding steroid dienone is 1. The van der Waals surface area contributed by atoms with Gasteiger partial charge >= 0.3 is 0 Å². The van der Waals surface area contributed by atoms with Crippen molar-refractivity contribution in [3.8, 4) is 0 Å². The zero-order chi connectivity index (χ0) is 99.4. The SMILES string of the molecule is CCCCCCCCCCCCC/C=C/[C@@H](O)[C@H](CO[C@@H]1OC(CO)[C@@H](O[C@@H]2OC(CO)[C@H](O)[C@H](O[C@@H]3OC(CO)[C@@H](O[C@@H]4OC(CO)[C@H](O)[C@H](O[C@H]5OC(CO)[C@H](O)[C@H](O[C@@H]6OC(CO)[C@H](O)[C@H](O)C6O[C@H]6OC(C)[C@@H](O)C(O)[C@@H]6O)C5NC(C)=O)C4O[C@H]4OC(C)[C@@H](O)C(O)[C@@H]4O)[C@H](O)C3NC(C)=O)C2O)[C@H](O)C1O)NC(=O)CCCCCCCCCCCCCCCCCCCCC. The molecule has 3 amide bonds. The smallest absolute Gasteiger partial charge is 0.220 e. The molecule has 136 heavy (non-hydrogen) atoms. The number of carbonyl (C=O) groups excluding carboxylic acids is 3. The third-order valence-corrected chi connectivity index (χ3v) is 26.9. The second kappa shape index (κ2) is 61.2. The van der Waals surface area contributed by atoms with Crippen molar-refractivity contribution in [2.45, 2.75) is 505 Å². The molecule has 44 nitrogen and oxygen atoms in total. The number of hydrogen-bond acceptors (Lipinski definition) is 41. The summed E-state index contributed by atoms with van der Waals surface area (Å²) < 4.78 is 97.3. The minimum atomic E-state index is -2.31. The highest BCUT2D eigenvalue weighted by molar-refractivity contribution is 5.76. The van der Waals surface area contributed by atoms with E-state index < -0.39 is 316 Å². The summed E-state index contributed by atoms with van der Waals surface area (Å²) in [6.07, 6.45) is -38.0. The van der Waals surface area contributed by atoms with Crippen LogP contribution in [0, 0.1) is 0 Å². The molecule has 0 aliphatic carbocycles. The van der Waals surface area contributed by atoms with E-state index in [4.69, 9.17) is 75.8 Å². The minimum absolute atomic E-state index is 0.149. The van der Waals surface area contributed by atoms with Crippen molar-refractivity contribution in [2.24, 2.45) is 0 Å². The molecular formula is C92H165N3O41. The van der Waals surface area contributed by atoms with Crippen molar-refractivity contribution >= 4 is 17.7 Å². The van der Waals surface area contributed by atoms with Crippen LogP contribution in [0.4, 0.5) is 0 Å². The van der Waals surface area contributed by atoms with Crippen LogP contribution in [0.5, 0.6) is 0 Å². The fourth-order valence-electron chi connectivity index (χ4n) is 18.6. The van der Waals surface area contributed by atoms with Gasteiger partial charge in [-0.1, -0.05) is 206 Å². The Hall–Kier alpha value is -3.37. The maximum absolute atomic E-state index is 13.7. The van der Waals surface area contributed by atoms with E-state index in [1.807, 2.05) is 6.08 Å². The lowest BCUT2D eigenvalue weighted by molar-refractivity contribution is -0.406. The minimum Gasteiger partial charge on any atom is -0.394 e. The Morgan fingerprint density at radius 1 is 0.301 bits per heavy atom. The van der Waals surface area contributed by atoms with Gasteiger partial charge in [-0.2, -0.15) is 0 Å². The topological polar surface area (TPSA) is 680 Å². The Balaban J connectivity index is 0.962. The van der Waals surface area contributed by atoms with E-state index in [0.29, 0.717) is 12.8 Å². The van der Waals surface area contributed by atoms with Crippen LogP contribution in [-0.4, -0.2) is 434 Å². The van der Waals surface area contributed by atoms with Gasteiger partial charge in [0, 0.05) is 20.3 Å². The number of amides is 3. The molecule has 0 spiro atoms. The average Bonchev–Trinajstić information content (AvgIpc) is 0.916.